The molecule has 0 amide bonds. The number of phenolic OH excluding ortho intramolecular Hbond substituents is 5. The molecule has 0 aliphatic carbocycles. The Kier molecular flexibility index (Phi) is 11.4. The molecule has 20 nitrogen and oxygen atoms in total. The third-order valence-corrected chi connectivity index (χ3v) is 13.2. The number of phenols is 5. The molecular weight excluding hydrogens is 933 g/mol. The Morgan fingerprint density at radius 2 is 0.851 bits per heavy atom. The third kappa shape index (κ3) is 8.80. The first-order chi connectivity index (χ1) is 31.5. The first kappa shape index (κ1) is 45.6. The van der Waals surface area contributed by atoms with E-state index >= 15 is 0 Å². The number of hydrogen-bond acceptors (Lipinski definition) is 17. The minimum atomic E-state index is -5.00. The summed E-state index contributed by atoms with van der Waals surface area (Å²) in [5, 5.41) is 77.3. The van der Waals surface area contributed by atoms with Crippen LogP contribution in [0.4, 0.5) is 34.1 Å². The van der Waals surface area contributed by atoms with Crippen molar-refractivity contribution in [3.05, 3.63) is 120 Å². The Morgan fingerprint density at radius 1 is 0.403 bits per heavy atom. The summed E-state index contributed by atoms with van der Waals surface area (Å²) in [6.07, 6.45) is 0. The van der Waals surface area contributed by atoms with Gasteiger partial charge in [-0.05, 0) is 108 Å². The molecule has 8 aromatic carbocycles. The lowest BCUT2D eigenvalue weighted by Gasteiger charge is -2.11. The van der Waals surface area contributed by atoms with Gasteiger partial charge in [0.05, 0.1) is 27.8 Å². The van der Waals surface area contributed by atoms with E-state index in [9.17, 15) is 64.4 Å². The number of aryl methyl sites for hydroxylation is 2. The highest BCUT2D eigenvalue weighted by atomic mass is 32.2. The van der Waals surface area contributed by atoms with Gasteiger partial charge in [0.1, 0.15) is 43.2 Å². The maximum Gasteiger partial charge on any atom is 0.296 e. The Bertz CT molecular complexity index is 3880. The van der Waals surface area contributed by atoms with Gasteiger partial charge in [-0.15, -0.1) is 15.3 Å². The lowest BCUT2D eigenvalue weighted by Crippen LogP contribution is -1.99. The number of rotatable bonds is 10. The van der Waals surface area contributed by atoms with E-state index in [4.69, 9.17) is 0 Å². The van der Waals surface area contributed by atoms with Crippen LogP contribution in [0.2, 0.25) is 0 Å². The number of benzene rings is 8. The molecule has 0 radical (unpaired) electrons. The van der Waals surface area contributed by atoms with E-state index in [1.165, 1.54) is 54.6 Å². The highest BCUT2D eigenvalue weighted by Gasteiger charge is 2.25. The van der Waals surface area contributed by atoms with E-state index < -0.39 is 85.2 Å². The predicted molar refractivity (Wildman–Crippen MR) is 243 cm³/mol. The maximum atomic E-state index is 12.5. The van der Waals surface area contributed by atoms with Gasteiger partial charge >= 0.3 is 0 Å². The van der Waals surface area contributed by atoms with E-state index in [1.54, 1.807) is 50.2 Å². The standard InChI is InChI=1S/C44H32N6O14S3/c1-21-15-23(10-13-30(21)46-49-33-20-37(66(59,60)61)28-6-4-8-35(52)40(28)44(33)55)24-11-14-31(22(2)16-24)47-50-41-38(67(62,63)64)17-25-9-12-26(18-29(25)42(41)53)45-48-32-19-36(65(56,57)58)27-5-3-7-34(51)39(27)43(32)54/h3-20,51-55H,1-2H3,(H,56,57,58)(H,59,60,61)(H,62,63,64). The molecule has 0 saturated carbocycles. The molecule has 8 aromatic rings. The van der Waals surface area contributed by atoms with Gasteiger partial charge in [0.25, 0.3) is 30.4 Å². The molecular formula is C44H32N6O14S3. The highest BCUT2D eigenvalue weighted by molar-refractivity contribution is 7.86. The first-order valence-corrected chi connectivity index (χ1v) is 23.5. The average molecular weight is 965 g/mol. The number of nitrogens with zero attached hydrogens (tertiary/aromatic N) is 6. The van der Waals surface area contributed by atoms with E-state index in [1.807, 2.05) is 0 Å². The van der Waals surface area contributed by atoms with Crippen molar-refractivity contribution in [1.29, 1.82) is 0 Å². The van der Waals surface area contributed by atoms with Gasteiger partial charge in [-0.1, -0.05) is 42.5 Å². The van der Waals surface area contributed by atoms with Crippen LogP contribution < -0.4 is 0 Å². The van der Waals surface area contributed by atoms with Crippen molar-refractivity contribution >= 4 is 96.8 Å². The normalized spacial score (nSPS) is 12.7. The highest BCUT2D eigenvalue weighted by Crippen LogP contribution is 2.47. The molecule has 0 aliphatic heterocycles. The number of hydrogen-bond donors (Lipinski definition) is 8. The SMILES string of the molecule is Cc1cc(-c2ccc(N=Nc3c(S(=O)(=O)O)cc4ccc(N=Nc5cc(S(=O)(=O)O)c6cccc(O)c6c5O)cc4c3O)c(C)c2)ccc1N=Nc1cc(S(=O)(=O)O)c2cccc(O)c2c1O. The molecule has 0 atom stereocenters. The summed E-state index contributed by atoms with van der Waals surface area (Å²) in [4.78, 5) is -2.04. The summed E-state index contributed by atoms with van der Waals surface area (Å²) in [5.74, 6) is -2.90. The van der Waals surface area contributed by atoms with Crippen LogP contribution in [0.1, 0.15) is 11.1 Å². The van der Waals surface area contributed by atoms with Gasteiger partial charge in [-0.25, -0.2) is 0 Å². The molecule has 0 aromatic heterocycles. The quantitative estimate of drug-likeness (QED) is 0.0467. The molecule has 8 rings (SSSR count). The van der Waals surface area contributed by atoms with Gasteiger partial charge in [0.2, 0.25) is 0 Å². The van der Waals surface area contributed by atoms with Crippen LogP contribution in [0.5, 0.6) is 28.7 Å². The number of fused-ring (bicyclic) bond motifs is 3. The Morgan fingerprint density at radius 3 is 1.31 bits per heavy atom. The van der Waals surface area contributed by atoms with Crippen LogP contribution in [0.25, 0.3) is 43.4 Å². The van der Waals surface area contributed by atoms with Crippen LogP contribution in [-0.2, 0) is 30.4 Å². The van der Waals surface area contributed by atoms with Gasteiger partial charge in [-0.3, -0.25) is 13.7 Å². The fourth-order valence-electron chi connectivity index (χ4n) is 7.27. The maximum absolute atomic E-state index is 12.5. The Hall–Kier alpha value is -7.93. The minimum absolute atomic E-state index is 0.00659. The van der Waals surface area contributed by atoms with Crippen molar-refractivity contribution in [3.63, 3.8) is 0 Å². The molecule has 23 heteroatoms. The molecule has 67 heavy (non-hydrogen) atoms. The molecule has 0 heterocycles. The minimum Gasteiger partial charge on any atom is -0.507 e. The smallest absolute Gasteiger partial charge is 0.296 e. The van der Waals surface area contributed by atoms with Gasteiger partial charge in [-0.2, -0.15) is 40.6 Å². The van der Waals surface area contributed by atoms with Crippen molar-refractivity contribution in [2.45, 2.75) is 28.5 Å². The first-order valence-electron chi connectivity index (χ1n) is 19.2. The fourth-order valence-corrected chi connectivity index (χ4v) is 9.34. The third-order valence-electron chi connectivity index (χ3n) is 10.5. The summed E-state index contributed by atoms with van der Waals surface area (Å²) in [7, 11) is -14.7. The average Bonchev–Trinajstić information content (AvgIpc) is 3.25. The zero-order chi connectivity index (χ0) is 48.3. The van der Waals surface area contributed by atoms with E-state index in [0.29, 0.717) is 27.9 Å². The van der Waals surface area contributed by atoms with Gasteiger partial charge in [0.15, 0.2) is 17.2 Å². The summed E-state index contributed by atoms with van der Waals surface area (Å²) < 4.78 is 103. The zero-order valence-electron chi connectivity index (χ0n) is 34.3. The molecule has 0 fully saturated rings. The van der Waals surface area contributed by atoms with Gasteiger partial charge in [0, 0.05) is 16.2 Å². The molecule has 0 spiro atoms. The monoisotopic (exact) mass is 964 g/mol. The molecule has 0 unspecified atom stereocenters. The lowest BCUT2D eigenvalue weighted by atomic mass is 10.0. The van der Waals surface area contributed by atoms with E-state index in [0.717, 1.165) is 18.2 Å². The van der Waals surface area contributed by atoms with E-state index in [-0.39, 0.29) is 49.4 Å². The summed E-state index contributed by atoms with van der Waals surface area (Å²) >= 11 is 0. The molecule has 0 aliphatic rings. The number of azo groups is 3. The molecule has 0 saturated heterocycles. The Balaban J connectivity index is 1.09. The lowest BCUT2D eigenvalue weighted by molar-refractivity contribution is 0.462. The largest absolute Gasteiger partial charge is 0.507 e. The summed E-state index contributed by atoms with van der Waals surface area (Å²) in [6, 6.07) is 24.5. The second kappa shape index (κ2) is 16.8. The molecule has 0 bridgehead atoms. The summed E-state index contributed by atoms with van der Waals surface area (Å²) in [6.45, 7) is 3.42. The van der Waals surface area contributed by atoms with Crippen molar-refractivity contribution in [1.82, 2.24) is 0 Å². The zero-order valence-corrected chi connectivity index (χ0v) is 36.8. The molecule has 8 N–H and O–H groups in total. The van der Waals surface area contributed by atoms with Crippen LogP contribution >= 0.6 is 0 Å². The second-order valence-electron chi connectivity index (χ2n) is 14.9. The Labute approximate surface area is 379 Å². The summed E-state index contributed by atoms with van der Waals surface area (Å²) in [5.41, 5.74) is 1.70. The molecule has 340 valence electrons. The van der Waals surface area contributed by atoms with Crippen LogP contribution in [0.3, 0.4) is 0 Å². The number of aromatic hydroxyl groups is 5. The van der Waals surface area contributed by atoms with Crippen molar-refractivity contribution in [3.8, 4) is 39.9 Å². The van der Waals surface area contributed by atoms with Gasteiger partial charge < -0.3 is 25.5 Å². The predicted octanol–water partition coefficient (Wildman–Crippen LogP) is 10.9. The fraction of sp³-hybridized carbons (Fsp3) is 0.0455. The topological polar surface area (TPSA) is 338 Å². The van der Waals surface area contributed by atoms with Crippen LogP contribution in [-0.4, -0.2) is 64.4 Å². The van der Waals surface area contributed by atoms with Crippen molar-refractivity contribution in [2.75, 3.05) is 0 Å². The van der Waals surface area contributed by atoms with Crippen molar-refractivity contribution < 1.29 is 64.4 Å². The van der Waals surface area contributed by atoms with Crippen LogP contribution in [0, 0.1) is 13.8 Å². The van der Waals surface area contributed by atoms with E-state index in [2.05, 4.69) is 30.7 Å². The van der Waals surface area contributed by atoms with Crippen LogP contribution in [0.15, 0.2) is 155 Å². The van der Waals surface area contributed by atoms with Crippen molar-refractivity contribution in [2.24, 2.45) is 30.7 Å². The second-order valence-corrected chi connectivity index (χ2v) is 19.1.